The number of unbranched alkanes of at least 4 members (excludes halogenated alkanes) is 1. The maximum atomic E-state index is 13.1. The van der Waals surface area contributed by atoms with Crippen molar-refractivity contribution >= 4 is 46.9 Å². The first-order valence-electron chi connectivity index (χ1n) is 12.9. The number of thioether (sulfide) groups is 1. The summed E-state index contributed by atoms with van der Waals surface area (Å²) >= 11 is 13.8. The highest BCUT2D eigenvalue weighted by molar-refractivity contribution is 7.99. The van der Waals surface area contributed by atoms with E-state index >= 15 is 0 Å². The second kappa shape index (κ2) is 13.5. The Kier molecular flexibility index (Phi) is 10.0. The van der Waals surface area contributed by atoms with Gasteiger partial charge in [0.2, 0.25) is 11.1 Å². The van der Waals surface area contributed by atoms with E-state index < -0.39 is 12.0 Å². The molecule has 4 rings (SSSR count). The molecule has 39 heavy (non-hydrogen) atoms. The van der Waals surface area contributed by atoms with Crippen molar-refractivity contribution in [3.05, 3.63) is 68.8 Å². The van der Waals surface area contributed by atoms with E-state index in [-0.39, 0.29) is 13.2 Å². The Hall–Kier alpha value is -2.88. The number of anilines is 1. The maximum absolute atomic E-state index is 13.1. The number of ether oxygens (including phenoxy) is 3. The highest BCUT2D eigenvalue weighted by atomic mass is 35.5. The van der Waals surface area contributed by atoms with Crippen LogP contribution in [0.2, 0.25) is 10.0 Å². The van der Waals surface area contributed by atoms with Gasteiger partial charge >= 0.3 is 5.97 Å². The summed E-state index contributed by atoms with van der Waals surface area (Å²) in [7, 11) is 0. The van der Waals surface area contributed by atoms with E-state index in [2.05, 4.69) is 17.2 Å². The number of benzene rings is 2. The van der Waals surface area contributed by atoms with Gasteiger partial charge < -0.3 is 19.5 Å². The zero-order valence-corrected chi connectivity index (χ0v) is 24.8. The number of carbonyl (C=O) groups excluding carboxylic acids is 1. The van der Waals surface area contributed by atoms with Gasteiger partial charge in [-0.2, -0.15) is 4.98 Å². The Bertz CT molecular complexity index is 1360. The number of halogens is 2. The fourth-order valence-electron chi connectivity index (χ4n) is 4.15. The lowest BCUT2D eigenvalue weighted by Gasteiger charge is -2.28. The molecule has 2 aromatic carbocycles. The lowest BCUT2D eigenvalue weighted by molar-refractivity contribution is -0.139. The molecule has 8 nitrogen and oxygen atoms in total. The largest absolute Gasteiger partial charge is 0.490 e. The number of esters is 1. The van der Waals surface area contributed by atoms with Crippen molar-refractivity contribution in [3.8, 4) is 11.5 Å². The van der Waals surface area contributed by atoms with Gasteiger partial charge in [-0.1, -0.05) is 60.4 Å². The van der Waals surface area contributed by atoms with E-state index in [1.807, 2.05) is 38.1 Å². The van der Waals surface area contributed by atoms with Crippen molar-refractivity contribution in [1.29, 1.82) is 0 Å². The minimum atomic E-state index is -0.559. The molecular formula is C28H32Cl2N4O4S. The Morgan fingerprint density at radius 2 is 1.87 bits per heavy atom. The average molecular weight is 592 g/mol. The molecule has 208 valence electrons. The van der Waals surface area contributed by atoms with Crippen molar-refractivity contribution < 1.29 is 19.0 Å². The summed E-state index contributed by atoms with van der Waals surface area (Å²) in [4.78, 5) is 17.8. The van der Waals surface area contributed by atoms with Gasteiger partial charge in [-0.05, 0) is 62.6 Å². The molecule has 1 unspecified atom stereocenters. The summed E-state index contributed by atoms with van der Waals surface area (Å²) in [5.74, 6) is 2.19. The molecular weight excluding hydrogens is 559 g/mol. The van der Waals surface area contributed by atoms with Crippen LogP contribution in [0.4, 0.5) is 5.95 Å². The van der Waals surface area contributed by atoms with Crippen LogP contribution in [0.25, 0.3) is 0 Å². The Morgan fingerprint density at radius 3 is 2.59 bits per heavy atom. The number of aromatic nitrogens is 3. The number of fused-ring (bicyclic) bond motifs is 1. The van der Waals surface area contributed by atoms with Gasteiger partial charge in [0.05, 0.1) is 28.8 Å². The van der Waals surface area contributed by atoms with Gasteiger partial charge in [0, 0.05) is 11.4 Å². The predicted octanol–water partition coefficient (Wildman–Crippen LogP) is 7.31. The van der Waals surface area contributed by atoms with Crippen molar-refractivity contribution in [2.24, 2.45) is 0 Å². The molecule has 0 bridgehead atoms. The van der Waals surface area contributed by atoms with Gasteiger partial charge in [0.25, 0.3) is 0 Å². The number of carbonyl (C=O) groups is 1. The molecule has 1 N–H and O–H groups in total. The van der Waals surface area contributed by atoms with E-state index in [4.69, 9.17) is 42.5 Å². The molecule has 0 fully saturated rings. The number of hydrogen-bond acceptors (Lipinski definition) is 8. The fourth-order valence-corrected chi connectivity index (χ4v) is 5.39. The summed E-state index contributed by atoms with van der Waals surface area (Å²) in [5.41, 5.74) is 2.80. The summed E-state index contributed by atoms with van der Waals surface area (Å²) in [6.45, 7) is 8.67. The molecule has 0 spiro atoms. The molecule has 1 aromatic heterocycles. The monoisotopic (exact) mass is 590 g/mol. The molecule has 0 amide bonds. The molecule has 11 heteroatoms. The third-order valence-electron chi connectivity index (χ3n) is 6.02. The Morgan fingerprint density at radius 1 is 1.05 bits per heavy atom. The first-order valence-corrected chi connectivity index (χ1v) is 14.7. The van der Waals surface area contributed by atoms with Gasteiger partial charge in [0.15, 0.2) is 11.5 Å². The predicted molar refractivity (Wildman–Crippen MR) is 155 cm³/mol. The van der Waals surface area contributed by atoms with Crippen LogP contribution in [0, 0.1) is 0 Å². The zero-order chi connectivity index (χ0) is 27.9. The molecule has 0 aliphatic carbocycles. The Balaban J connectivity index is 1.70. The van der Waals surface area contributed by atoms with Crippen LogP contribution in [-0.2, 0) is 16.1 Å². The van der Waals surface area contributed by atoms with Crippen molar-refractivity contribution in [3.63, 3.8) is 0 Å². The highest BCUT2D eigenvalue weighted by Crippen LogP contribution is 2.40. The summed E-state index contributed by atoms with van der Waals surface area (Å²) in [6, 6.07) is 10.4. The van der Waals surface area contributed by atoms with E-state index in [0.717, 1.165) is 29.7 Å². The third kappa shape index (κ3) is 6.83. The quantitative estimate of drug-likeness (QED) is 0.133. The summed E-state index contributed by atoms with van der Waals surface area (Å²) in [6.07, 6.45) is 2.16. The second-order valence-corrected chi connectivity index (χ2v) is 10.7. The van der Waals surface area contributed by atoms with E-state index in [1.165, 1.54) is 0 Å². The number of nitrogens with zero attached hydrogens (tertiary/aromatic N) is 3. The first kappa shape index (κ1) is 29.1. The van der Waals surface area contributed by atoms with Crippen LogP contribution < -0.4 is 14.8 Å². The standard InChI is InChI=1S/C28H32Cl2N4O4S/c1-5-8-13-39-28-32-27-31-17(4)24(26(35)37-7-3)25(34(27)33-28)19-10-12-22(23(15-19)36-6-2)38-16-18-9-11-20(29)21(30)14-18/h9-12,14-15,25H,5-8,13,16H2,1-4H3,(H,31,32,33). The molecule has 0 saturated carbocycles. The third-order valence-corrected chi connectivity index (χ3v) is 7.68. The van der Waals surface area contributed by atoms with Crippen molar-refractivity contribution in [1.82, 2.24) is 14.8 Å². The van der Waals surface area contributed by atoms with Crippen LogP contribution in [-0.4, -0.2) is 39.7 Å². The van der Waals surface area contributed by atoms with E-state index in [9.17, 15) is 4.79 Å². The van der Waals surface area contributed by atoms with Crippen molar-refractivity contribution in [2.45, 2.75) is 58.3 Å². The summed E-state index contributed by atoms with van der Waals surface area (Å²) < 4.78 is 19.2. The number of hydrogen-bond donors (Lipinski definition) is 1. The topological polar surface area (TPSA) is 87.5 Å². The van der Waals surface area contributed by atoms with Crippen LogP contribution in [0.1, 0.15) is 57.7 Å². The number of nitrogens with one attached hydrogen (secondary N) is 1. The lowest BCUT2D eigenvalue weighted by Crippen LogP contribution is -2.29. The van der Waals surface area contributed by atoms with E-state index in [1.54, 1.807) is 35.5 Å². The number of allylic oxidation sites excluding steroid dienone is 1. The van der Waals surface area contributed by atoms with Crippen LogP contribution in [0.3, 0.4) is 0 Å². The van der Waals surface area contributed by atoms with Crippen LogP contribution in [0.5, 0.6) is 11.5 Å². The smallest absolute Gasteiger partial charge is 0.338 e. The van der Waals surface area contributed by atoms with E-state index in [0.29, 0.717) is 50.5 Å². The molecule has 0 radical (unpaired) electrons. The number of rotatable bonds is 12. The van der Waals surface area contributed by atoms with Crippen LogP contribution in [0.15, 0.2) is 52.8 Å². The second-order valence-electron chi connectivity index (χ2n) is 8.83. The fraction of sp³-hybridized carbons (Fsp3) is 0.393. The summed E-state index contributed by atoms with van der Waals surface area (Å²) in [5, 5.41) is 9.61. The zero-order valence-electron chi connectivity index (χ0n) is 22.4. The first-order chi connectivity index (χ1) is 18.9. The Labute approximate surface area is 243 Å². The van der Waals surface area contributed by atoms with Gasteiger partial charge in [0.1, 0.15) is 12.6 Å². The van der Waals surface area contributed by atoms with Crippen molar-refractivity contribution in [2.75, 3.05) is 24.3 Å². The molecule has 1 aliphatic rings. The molecule has 1 aliphatic heterocycles. The normalized spacial score (nSPS) is 14.6. The van der Waals surface area contributed by atoms with Gasteiger partial charge in [-0.15, -0.1) is 5.10 Å². The van der Waals surface area contributed by atoms with Crippen LogP contribution >= 0.6 is 35.0 Å². The molecule has 1 atom stereocenters. The molecule has 2 heterocycles. The van der Waals surface area contributed by atoms with Gasteiger partial charge in [-0.3, -0.25) is 0 Å². The van der Waals surface area contributed by atoms with Gasteiger partial charge in [-0.25, -0.2) is 9.48 Å². The molecule has 3 aromatic rings. The average Bonchev–Trinajstić information content (AvgIpc) is 3.31. The SMILES string of the molecule is CCCCSc1nc2n(n1)C(c1ccc(OCc3ccc(Cl)c(Cl)c3)c(OCC)c1)C(C(=O)OCC)=C(C)N2. The molecule has 0 saturated heterocycles. The minimum absolute atomic E-state index is 0.260. The lowest BCUT2D eigenvalue weighted by atomic mass is 9.95. The minimum Gasteiger partial charge on any atom is -0.490 e. The highest BCUT2D eigenvalue weighted by Gasteiger charge is 2.35. The maximum Gasteiger partial charge on any atom is 0.338 e.